The number of anilines is 1. The van der Waals surface area contributed by atoms with Gasteiger partial charge in [-0.15, -0.1) is 11.3 Å². The van der Waals surface area contributed by atoms with Gasteiger partial charge in [0.2, 0.25) is 0 Å². The average molecular weight is 499 g/mol. The van der Waals surface area contributed by atoms with E-state index in [2.05, 4.69) is 34.0 Å². The first kappa shape index (κ1) is 24.7. The van der Waals surface area contributed by atoms with Gasteiger partial charge in [0, 0.05) is 24.5 Å². The number of ether oxygens (including phenoxy) is 3. The zero-order chi connectivity index (χ0) is 24.9. The minimum atomic E-state index is -0.350. The van der Waals surface area contributed by atoms with E-state index in [1.54, 1.807) is 44.0 Å². The molecule has 2 aromatic heterocycles. The van der Waals surface area contributed by atoms with E-state index >= 15 is 0 Å². The summed E-state index contributed by atoms with van der Waals surface area (Å²) in [6.07, 6.45) is 2.91. The maximum atomic E-state index is 12.6. The number of benzene rings is 1. The van der Waals surface area contributed by atoms with Gasteiger partial charge in [-0.3, -0.25) is 9.59 Å². The van der Waals surface area contributed by atoms with Gasteiger partial charge in [-0.25, -0.2) is 9.97 Å². The van der Waals surface area contributed by atoms with E-state index in [1.165, 1.54) is 10.4 Å². The lowest BCUT2D eigenvalue weighted by atomic mass is 9.97. The lowest BCUT2D eigenvalue weighted by Gasteiger charge is -2.32. The summed E-state index contributed by atoms with van der Waals surface area (Å²) in [4.78, 5) is 38.2. The van der Waals surface area contributed by atoms with Gasteiger partial charge in [-0.05, 0) is 49.9 Å². The standard InChI is InChI=1S/C25H30N4O5S/c1-15-16(2)35-24-22(15)23(27-14-28-24)29-9-7-18(8-10-29)25(31)34-13-21(30)26-12-17-5-6-19(32-3)20(11-17)33-4/h5-6,11,14,18H,7-10,12-13H2,1-4H3,(H,26,30). The molecule has 1 amide bonds. The van der Waals surface area contributed by atoms with Crippen molar-refractivity contribution in [2.24, 2.45) is 5.92 Å². The highest BCUT2D eigenvalue weighted by Crippen LogP contribution is 2.35. The molecular formula is C25H30N4O5S. The SMILES string of the molecule is COc1ccc(CNC(=O)COC(=O)C2CCN(c3ncnc4sc(C)c(C)c34)CC2)cc1OC. The number of rotatable bonds is 8. The summed E-state index contributed by atoms with van der Waals surface area (Å²) >= 11 is 1.68. The molecule has 10 heteroatoms. The summed E-state index contributed by atoms with van der Waals surface area (Å²) in [5, 5.41) is 3.86. The molecule has 1 saturated heterocycles. The fourth-order valence-electron chi connectivity index (χ4n) is 4.23. The van der Waals surface area contributed by atoms with Crippen molar-refractivity contribution < 1.29 is 23.8 Å². The molecule has 4 rings (SSSR count). The van der Waals surface area contributed by atoms with Crippen molar-refractivity contribution in [2.75, 3.05) is 38.8 Å². The first-order valence-electron chi connectivity index (χ1n) is 11.5. The van der Waals surface area contributed by atoms with Crippen LogP contribution in [-0.2, 0) is 20.9 Å². The molecular weight excluding hydrogens is 468 g/mol. The van der Waals surface area contributed by atoms with Gasteiger partial charge >= 0.3 is 5.97 Å². The number of nitrogens with one attached hydrogen (secondary N) is 1. The van der Waals surface area contributed by atoms with Crippen LogP contribution in [-0.4, -0.2) is 55.8 Å². The molecule has 0 aliphatic carbocycles. The van der Waals surface area contributed by atoms with Crippen LogP contribution in [0.1, 0.15) is 28.8 Å². The fourth-order valence-corrected chi connectivity index (χ4v) is 5.22. The normalized spacial score (nSPS) is 14.1. The number of carbonyl (C=O) groups excluding carboxylic acids is 2. The lowest BCUT2D eigenvalue weighted by Crippen LogP contribution is -2.38. The Labute approximate surface area is 208 Å². The summed E-state index contributed by atoms with van der Waals surface area (Å²) in [6, 6.07) is 5.41. The predicted molar refractivity (Wildman–Crippen MR) is 134 cm³/mol. The number of hydrogen-bond acceptors (Lipinski definition) is 9. The number of amides is 1. The van der Waals surface area contributed by atoms with Gasteiger partial charge in [0.05, 0.1) is 25.5 Å². The van der Waals surface area contributed by atoms with Gasteiger partial charge in [0.25, 0.3) is 5.91 Å². The van der Waals surface area contributed by atoms with Crippen molar-refractivity contribution >= 4 is 39.2 Å². The van der Waals surface area contributed by atoms with Crippen LogP contribution in [0.5, 0.6) is 11.5 Å². The Morgan fingerprint density at radius 3 is 2.57 bits per heavy atom. The van der Waals surface area contributed by atoms with Gasteiger partial charge in [-0.2, -0.15) is 0 Å². The molecule has 1 N–H and O–H groups in total. The molecule has 35 heavy (non-hydrogen) atoms. The number of hydrogen-bond donors (Lipinski definition) is 1. The van der Waals surface area contributed by atoms with Crippen molar-refractivity contribution in [1.82, 2.24) is 15.3 Å². The van der Waals surface area contributed by atoms with Gasteiger partial charge in [0.15, 0.2) is 18.1 Å². The number of aromatic nitrogens is 2. The fraction of sp³-hybridized carbons (Fsp3) is 0.440. The van der Waals surface area contributed by atoms with Gasteiger partial charge in [-0.1, -0.05) is 6.07 Å². The van der Waals surface area contributed by atoms with Crippen LogP contribution >= 0.6 is 11.3 Å². The Bertz CT molecular complexity index is 1220. The molecule has 9 nitrogen and oxygen atoms in total. The zero-order valence-electron chi connectivity index (χ0n) is 20.4. The van der Waals surface area contributed by atoms with E-state index in [-0.39, 0.29) is 24.4 Å². The first-order valence-corrected chi connectivity index (χ1v) is 12.3. The zero-order valence-corrected chi connectivity index (χ0v) is 21.2. The third-order valence-corrected chi connectivity index (χ3v) is 7.47. The van der Waals surface area contributed by atoms with Crippen LogP contribution in [0.15, 0.2) is 24.5 Å². The molecule has 1 aromatic carbocycles. The smallest absolute Gasteiger partial charge is 0.309 e. The summed E-state index contributed by atoms with van der Waals surface area (Å²) < 4.78 is 15.8. The molecule has 1 aliphatic rings. The van der Waals surface area contributed by atoms with Crippen molar-refractivity contribution in [3.05, 3.63) is 40.5 Å². The molecule has 1 fully saturated rings. The Kier molecular flexibility index (Phi) is 7.70. The molecule has 3 aromatic rings. The molecule has 0 bridgehead atoms. The Morgan fingerprint density at radius 2 is 1.86 bits per heavy atom. The molecule has 1 aliphatic heterocycles. The second-order valence-corrected chi connectivity index (χ2v) is 9.70. The van der Waals surface area contributed by atoms with Crippen LogP contribution < -0.4 is 19.7 Å². The highest BCUT2D eigenvalue weighted by Gasteiger charge is 2.28. The molecule has 3 heterocycles. The minimum Gasteiger partial charge on any atom is -0.493 e. The van der Waals surface area contributed by atoms with Gasteiger partial charge < -0.3 is 24.4 Å². The maximum Gasteiger partial charge on any atom is 0.309 e. The minimum absolute atomic E-state index is 0.229. The van der Waals surface area contributed by atoms with Crippen LogP contribution in [0.4, 0.5) is 5.82 Å². The Hall–Kier alpha value is -3.40. The topological polar surface area (TPSA) is 103 Å². The second-order valence-electron chi connectivity index (χ2n) is 8.50. The van der Waals surface area contributed by atoms with Gasteiger partial charge in [0.1, 0.15) is 17.0 Å². The van der Waals surface area contributed by atoms with E-state index in [1.807, 2.05) is 6.07 Å². The van der Waals surface area contributed by atoms with Crippen molar-refractivity contribution in [3.8, 4) is 11.5 Å². The van der Waals surface area contributed by atoms with E-state index in [9.17, 15) is 9.59 Å². The number of esters is 1. The van der Waals surface area contributed by atoms with E-state index < -0.39 is 0 Å². The third-order valence-electron chi connectivity index (χ3n) is 6.36. The third kappa shape index (κ3) is 5.48. The number of methoxy groups -OCH3 is 2. The molecule has 0 spiro atoms. The lowest BCUT2D eigenvalue weighted by molar-refractivity contribution is -0.153. The van der Waals surface area contributed by atoms with Crippen molar-refractivity contribution in [2.45, 2.75) is 33.2 Å². The number of thiophene rings is 1. The molecule has 0 unspecified atom stereocenters. The quantitative estimate of drug-likeness (QED) is 0.472. The number of fused-ring (bicyclic) bond motifs is 1. The van der Waals surface area contributed by atoms with E-state index in [0.717, 1.165) is 21.6 Å². The monoisotopic (exact) mass is 498 g/mol. The van der Waals surface area contributed by atoms with Crippen LogP contribution in [0.3, 0.4) is 0 Å². The van der Waals surface area contributed by atoms with E-state index in [4.69, 9.17) is 14.2 Å². The van der Waals surface area contributed by atoms with Crippen molar-refractivity contribution in [3.63, 3.8) is 0 Å². The Balaban J connectivity index is 1.25. The molecule has 186 valence electrons. The largest absolute Gasteiger partial charge is 0.493 e. The van der Waals surface area contributed by atoms with Crippen molar-refractivity contribution in [1.29, 1.82) is 0 Å². The number of carbonyl (C=O) groups is 2. The summed E-state index contributed by atoms with van der Waals surface area (Å²) in [6.45, 7) is 5.59. The number of nitrogens with zero attached hydrogens (tertiary/aromatic N) is 3. The first-order chi connectivity index (χ1) is 16.9. The Morgan fingerprint density at radius 1 is 1.11 bits per heavy atom. The number of aryl methyl sites for hydroxylation is 2. The van der Waals surface area contributed by atoms with Crippen LogP contribution in [0.2, 0.25) is 0 Å². The average Bonchev–Trinajstić information content (AvgIpc) is 3.19. The maximum absolute atomic E-state index is 12.6. The summed E-state index contributed by atoms with van der Waals surface area (Å²) in [7, 11) is 3.13. The molecule has 0 radical (unpaired) electrons. The highest BCUT2D eigenvalue weighted by atomic mass is 32.1. The second kappa shape index (κ2) is 10.9. The predicted octanol–water partition coefficient (Wildman–Crippen LogP) is 3.40. The summed E-state index contributed by atoms with van der Waals surface area (Å²) in [5.41, 5.74) is 2.06. The van der Waals surface area contributed by atoms with E-state index in [0.29, 0.717) is 44.0 Å². The molecule has 0 saturated carbocycles. The molecule has 0 atom stereocenters. The van der Waals surface area contributed by atoms with Crippen LogP contribution in [0.25, 0.3) is 10.2 Å². The number of piperidine rings is 1. The summed E-state index contributed by atoms with van der Waals surface area (Å²) in [5.74, 6) is 1.22. The highest BCUT2D eigenvalue weighted by molar-refractivity contribution is 7.18. The van der Waals surface area contributed by atoms with Crippen LogP contribution in [0, 0.1) is 19.8 Å².